The number of nitrogens with zero attached hydrogens (tertiary/aromatic N) is 4. The number of aromatic nitrogens is 4. The summed E-state index contributed by atoms with van der Waals surface area (Å²) >= 11 is 1.84. The fourth-order valence-electron chi connectivity index (χ4n) is 9.61. The minimum atomic E-state index is 0.600. The van der Waals surface area contributed by atoms with Crippen LogP contribution in [-0.2, 0) is 0 Å². The molecule has 4 heterocycles. The molecule has 0 N–H and O–H groups in total. The summed E-state index contributed by atoms with van der Waals surface area (Å²) in [5.74, 6) is 1.82. The molecule has 4 aromatic heterocycles. The summed E-state index contributed by atoms with van der Waals surface area (Å²) < 4.78 is 11.6. The quantitative estimate of drug-likeness (QED) is 0.201. The zero-order valence-electron chi connectivity index (χ0n) is 34.5. The number of rotatable bonds is 4. The number of hydrogen-bond donors (Lipinski definition) is 0. The van der Waals surface area contributed by atoms with E-state index in [0.717, 1.165) is 49.7 Å². The molecule has 7 aromatic carbocycles. The molecule has 0 spiro atoms. The normalized spacial score (nSPS) is 11.9. The molecule has 5 nitrogen and oxygen atoms in total. The van der Waals surface area contributed by atoms with Crippen molar-refractivity contribution in [1.29, 1.82) is 0 Å². The van der Waals surface area contributed by atoms with Gasteiger partial charge in [-0.05, 0) is 34.5 Å². The fourth-order valence-corrected chi connectivity index (χ4v) is 10.8. The third-order valence-corrected chi connectivity index (χ3v) is 14.5. The first-order valence-electron chi connectivity index (χ1n) is 20.3. The maximum absolute atomic E-state index is 6.71. The maximum atomic E-state index is 6.71. The first-order chi connectivity index (χ1) is 28.6. The van der Waals surface area contributed by atoms with Crippen molar-refractivity contribution < 1.29 is 4.42 Å². The Hall–Kier alpha value is -6.11. The van der Waals surface area contributed by atoms with Gasteiger partial charge in [0.2, 0.25) is 5.95 Å². The van der Waals surface area contributed by atoms with Crippen molar-refractivity contribution in [2.45, 2.75) is 0 Å². The molecule has 0 fully saturated rings. The van der Waals surface area contributed by atoms with Crippen LogP contribution in [0.5, 0.6) is 0 Å². The lowest BCUT2D eigenvalue weighted by Gasteiger charge is -2.17. The van der Waals surface area contributed by atoms with Crippen LogP contribution in [0.4, 0.5) is 0 Å². The van der Waals surface area contributed by atoms with Gasteiger partial charge in [-0.25, -0.2) is 4.98 Å². The minimum absolute atomic E-state index is 0.600. The second-order valence-corrected chi connectivity index (χ2v) is 17.2. The highest BCUT2D eigenvalue weighted by atomic mass is 32.1. The van der Waals surface area contributed by atoms with Crippen LogP contribution in [0.25, 0.3) is 104 Å². The van der Waals surface area contributed by atoms with Crippen LogP contribution in [0, 0.1) is 0 Å². The van der Waals surface area contributed by atoms with Crippen molar-refractivity contribution in [3.8, 4) is 39.9 Å². The Morgan fingerprint density at radius 3 is 1.63 bits per heavy atom. The van der Waals surface area contributed by atoms with Gasteiger partial charge in [-0.3, -0.25) is 4.57 Å². The number of furan rings is 1. The van der Waals surface area contributed by atoms with E-state index < -0.39 is 0 Å². The molecule has 11 aromatic rings. The van der Waals surface area contributed by atoms with Gasteiger partial charge < -0.3 is 4.42 Å². The zero-order chi connectivity index (χ0) is 40.4. The molecule has 11 rings (SSSR count). The standard InChI is InChI=1S/C45H34B8N4OS/c46-32-30-31-33(47)35(49)37(51)39(53)41(31)57(40(30)38(52)36(50)34(32)48)45-55-43(19-9-2-1-3-10-19)54-44(56-45)24-15-8-17-26-29(24)28-21(12-7-16-25(28)58-26)23-14-6-13-22-20-11-4-5-18-27(20)59-42(22)23/h1-18H,46-53H2. The molecule has 0 saturated carbocycles. The van der Waals surface area contributed by atoms with Crippen molar-refractivity contribution in [2.24, 2.45) is 0 Å². The first-order valence-corrected chi connectivity index (χ1v) is 21.1. The number of hydrogen-bond acceptors (Lipinski definition) is 5. The summed E-state index contributed by atoms with van der Waals surface area (Å²) in [4.78, 5) is 16.3. The number of thiophene rings is 1. The molecule has 59 heavy (non-hydrogen) atoms. The van der Waals surface area contributed by atoms with Crippen molar-refractivity contribution in [2.75, 3.05) is 0 Å². The molecule has 0 bridgehead atoms. The second kappa shape index (κ2) is 13.2. The molecule has 0 amide bonds. The summed E-state index contributed by atoms with van der Waals surface area (Å²) in [5.41, 5.74) is 18.4. The molecule has 0 aliphatic heterocycles. The van der Waals surface area contributed by atoms with Crippen LogP contribution in [0.15, 0.2) is 114 Å². The van der Waals surface area contributed by atoms with E-state index in [1.807, 2.05) is 29.5 Å². The largest absolute Gasteiger partial charge is 0.456 e. The van der Waals surface area contributed by atoms with E-state index in [9.17, 15) is 0 Å². The molecular weight excluding hydrogens is 731 g/mol. The van der Waals surface area contributed by atoms with E-state index in [0.29, 0.717) is 17.6 Å². The van der Waals surface area contributed by atoms with Gasteiger partial charge in [-0.1, -0.05) is 124 Å². The van der Waals surface area contributed by atoms with Crippen molar-refractivity contribution in [3.05, 3.63) is 109 Å². The maximum Gasteiger partial charge on any atom is 0.238 e. The van der Waals surface area contributed by atoms with Crippen molar-refractivity contribution in [1.82, 2.24) is 19.5 Å². The monoisotopic (exact) mass is 766 g/mol. The lowest BCUT2D eigenvalue weighted by atomic mass is 9.63. The van der Waals surface area contributed by atoms with E-state index in [1.54, 1.807) is 0 Å². The van der Waals surface area contributed by atoms with Gasteiger partial charge in [0.15, 0.2) is 11.6 Å². The van der Waals surface area contributed by atoms with E-state index in [2.05, 4.69) is 158 Å². The smallest absolute Gasteiger partial charge is 0.238 e. The highest BCUT2D eigenvalue weighted by Crippen LogP contribution is 2.45. The molecule has 0 aliphatic carbocycles. The fraction of sp³-hybridized carbons (Fsp3) is 0. The Balaban J connectivity index is 1.26. The summed E-state index contributed by atoms with van der Waals surface area (Å²) in [5, 5.41) is 7.14. The molecule has 0 radical (unpaired) electrons. The van der Waals surface area contributed by atoms with Gasteiger partial charge in [-0.2, -0.15) is 9.97 Å². The Kier molecular flexibility index (Phi) is 8.06. The van der Waals surface area contributed by atoms with Gasteiger partial charge >= 0.3 is 0 Å². The number of benzene rings is 7. The zero-order valence-corrected chi connectivity index (χ0v) is 35.3. The summed E-state index contributed by atoms with van der Waals surface area (Å²) in [7, 11) is 18.0. The Bertz CT molecular complexity index is 3540. The molecule has 0 saturated heterocycles. The predicted octanol–water partition coefficient (Wildman–Crippen LogP) is -1.70. The van der Waals surface area contributed by atoms with Gasteiger partial charge in [-0.15, -0.1) is 22.3 Å². The van der Waals surface area contributed by atoms with Gasteiger partial charge in [0.25, 0.3) is 0 Å². The van der Waals surface area contributed by atoms with Gasteiger partial charge in [0.1, 0.15) is 73.9 Å². The Morgan fingerprint density at radius 1 is 0.424 bits per heavy atom. The molecule has 0 atom stereocenters. The Labute approximate surface area is 352 Å². The van der Waals surface area contributed by atoms with Crippen molar-refractivity contribution in [3.63, 3.8) is 0 Å². The van der Waals surface area contributed by atoms with E-state index in [1.165, 1.54) is 80.2 Å². The lowest BCUT2D eigenvalue weighted by Crippen LogP contribution is -2.49. The Morgan fingerprint density at radius 2 is 0.949 bits per heavy atom. The summed E-state index contributed by atoms with van der Waals surface area (Å²) in [6, 6.07) is 38.3. The van der Waals surface area contributed by atoms with Crippen LogP contribution in [0.1, 0.15) is 0 Å². The molecule has 14 heteroatoms. The predicted molar refractivity (Wildman–Crippen MR) is 276 cm³/mol. The summed E-state index contributed by atoms with van der Waals surface area (Å²) in [6.07, 6.45) is 0. The molecule has 0 aliphatic rings. The molecule has 270 valence electrons. The summed E-state index contributed by atoms with van der Waals surface area (Å²) in [6.45, 7) is 0. The second-order valence-electron chi connectivity index (χ2n) is 16.2. The highest BCUT2D eigenvalue weighted by Gasteiger charge is 2.26. The topological polar surface area (TPSA) is 56.7 Å². The lowest BCUT2D eigenvalue weighted by molar-refractivity contribution is 0.669. The average molecular weight is 765 g/mol. The SMILES string of the molecule is Bc1c(B)c(B)c2c(c1B)c1c(B)c(B)c(B)c(B)c1n2-c1nc(-c2ccccc2)nc(-c2cccc3oc4cccc(-c5cccc6c5sc5ccccc56)c4c23)n1. The van der Waals surface area contributed by atoms with Crippen LogP contribution < -0.4 is 43.7 Å². The number of fused-ring (bicyclic) bond motifs is 9. The first kappa shape index (κ1) is 36.0. The minimum Gasteiger partial charge on any atom is -0.456 e. The van der Waals surface area contributed by atoms with E-state index in [4.69, 9.17) is 19.4 Å². The van der Waals surface area contributed by atoms with Gasteiger partial charge in [0, 0.05) is 58.7 Å². The average Bonchev–Trinajstić information content (AvgIpc) is 3.97. The highest BCUT2D eigenvalue weighted by molar-refractivity contribution is 7.26. The van der Waals surface area contributed by atoms with Crippen LogP contribution >= 0.6 is 11.3 Å². The molecule has 0 unspecified atom stereocenters. The van der Waals surface area contributed by atoms with Crippen LogP contribution in [0.3, 0.4) is 0 Å². The van der Waals surface area contributed by atoms with E-state index in [-0.39, 0.29) is 0 Å². The van der Waals surface area contributed by atoms with Crippen LogP contribution in [-0.4, -0.2) is 82.3 Å². The third-order valence-electron chi connectivity index (χ3n) is 13.3. The van der Waals surface area contributed by atoms with Gasteiger partial charge in [0.05, 0.1) is 0 Å². The van der Waals surface area contributed by atoms with Crippen molar-refractivity contribution >= 4 is 182 Å². The third kappa shape index (κ3) is 5.12. The van der Waals surface area contributed by atoms with E-state index >= 15 is 0 Å². The molecular formula is C45H34B8N4OS. The van der Waals surface area contributed by atoms with Crippen LogP contribution in [0.2, 0.25) is 0 Å².